The number of pyridine rings is 1. The molecule has 2 rings (SSSR count). The highest BCUT2D eigenvalue weighted by molar-refractivity contribution is 6.30. The summed E-state index contributed by atoms with van der Waals surface area (Å²) in [5, 5.41) is 0.561. The molecule has 0 aromatic carbocycles. The number of aromatic nitrogens is 1. The van der Waals surface area contributed by atoms with Gasteiger partial charge in [-0.15, -0.1) is 0 Å². The van der Waals surface area contributed by atoms with Gasteiger partial charge in [-0.3, -0.25) is 4.79 Å². The van der Waals surface area contributed by atoms with Crippen LogP contribution in [-0.4, -0.2) is 28.9 Å². The van der Waals surface area contributed by atoms with E-state index in [9.17, 15) is 4.79 Å². The molecular formula is C14H19ClN2O. The van der Waals surface area contributed by atoms with Crippen LogP contribution in [0.15, 0.2) is 18.3 Å². The summed E-state index contributed by atoms with van der Waals surface area (Å²) in [6.45, 7) is 6.16. The average molecular weight is 267 g/mol. The lowest BCUT2D eigenvalue weighted by Gasteiger charge is -2.16. The zero-order valence-corrected chi connectivity index (χ0v) is 11.7. The van der Waals surface area contributed by atoms with Crippen LogP contribution in [0.3, 0.4) is 0 Å². The van der Waals surface area contributed by atoms with Gasteiger partial charge < -0.3 is 4.90 Å². The van der Waals surface area contributed by atoms with E-state index < -0.39 is 0 Å². The van der Waals surface area contributed by atoms with Crippen molar-refractivity contribution in [2.75, 3.05) is 13.1 Å². The Morgan fingerprint density at radius 2 is 2.33 bits per heavy atom. The fraction of sp³-hybridized carbons (Fsp3) is 0.571. The number of amides is 1. The molecule has 0 saturated carbocycles. The number of halogens is 1. The van der Waals surface area contributed by atoms with Crippen molar-refractivity contribution in [3.8, 4) is 0 Å². The summed E-state index contributed by atoms with van der Waals surface area (Å²) in [5.74, 6) is 1.36. The highest BCUT2D eigenvalue weighted by atomic mass is 35.5. The second-order valence-corrected chi connectivity index (χ2v) is 5.83. The molecule has 2 heterocycles. The molecule has 1 fully saturated rings. The molecule has 1 aromatic rings. The Labute approximate surface area is 113 Å². The molecule has 18 heavy (non-hydrogen) atoms. The third-order valence-electron chi connectivity index (χ3n) is 3.32. The van der Waals surface area contributed by atoms with E-state index in [1.165, 1.54) is 12.6 Å². The smallest absolute Gasteiger partial charge is 0.272 e. The third-order valence-corrected chi connectivity index (χ3v) is 3.55. The van der Waals surface area contributed by atoms with Gasteiger partial charge in [-0.1, -0.05) is 25.4 Å². The lowest BCUT2D eigenvalue weighted by Crippen LogP contribution is -2.29. The predicted octanol–water partition coefficient (Wildman–Crippen LogP) is 3.24. The van der Waals surface area contributed by atoms with Crippen LogP contribution in [0.5, 0.6) is 0 Å². The molecule has 1 atom stereocenters. The van der Waals surface area contributed by atoms with Crippen molar-refractivity contribution in [3.05, 3.63) is 29.0 Å². The number of carbonyl (C=O) groups is 1. The predicted molar refractivity (Wildman–Crippen MR) is 72.7 cm³/mol. The Balaban J connectivity index is 1.97. The quantitative estimate of drug-likeness (QED) is 0.841. The summed E-state index contributed by atoms with van der Waals surface area (Å²) >= 11 is 5.77. The molecule has 1 aliphatic heterocycles. The largest absolute Gasteiger partial charge is 0.337 e. The normalized spacial score (nSPS) is 19.6. The number of hydrogen-bond acceptors (Lipinski definition) is 2. The van der Waals surface area contributed by atoms with Gasteiger partial charge in [0.25, 0.3) is 5.91 Å². The molecule has 1 amide bonds. The lowest BCUT2D eigenvalue weighted by atomic mass is 9.97. The Morgan fingerprint density at radius 1 is 1.56 bits per heavy atom. The molecule has 0 bridgehead atoms. The second-order valence-electron chi connectivity index (χ2n) is 5.40. The van der Waals surface area contributed by atoms with Crippen LogP contribution in [0.1, 0.15) is 37.2 Å². The monoisotopic (exact) mass is 266 g/mol. The van der Waals surface area contributed by atoms with Crippen LogP contribution >= 0.6 is 11.6 Å². The molecule has 0 aliphatic carbocycles. The van der Waals surface area contributed by atoms with Crippen molar-refractivity contribution in [1.29, 1.82) is 0 Å². The van der Waals surface area contributed by atoms with Crippen molar-refractivity contribution in [1.82, 2.24) is 9.88 Å². The van der Waals surface area contributed by atoms with Gasteiger partial charge in [-0.2, -0.15) is 0 Å². The van der Waals surface area contributed by atoms with Crippen LogP contribution in [0, 0.1) is 11.8 Å². The molecule has 1 aromatic heterocycles. The molecule has 0 spiro atoms. The van der Waals surface area contributed by atoms with Gasteiger partial charge in [-0.25, -0.2) is 4.98 Å². The topological polar surface area (TPSA) is 33.2 Å². The minimum Gasteiger partial charge on any atom is -0.337 e. The van der Waals surface area contributed by atoms with E-state index in [4.69, 9.17) is 11.6 Å². The van der Waals surface area contributed by atoms with Crippen molar-refractivity contribution in [2.24, 2.45) is 11.8 Å². The van der Waals surface area contributed by atoms with E-state index in [0.717, 1.165) is 19.5 Å². The van der Waals surface area contributed by atoms with Crippen molar-refractivity contribution >= 4 is 17.5 Å². The number of nitrogens with zero attached hydrogens (tertiary/aromatic N) is 2. The molecule has 3 nitrogen and oxygen atoms in total. The maximum atomic E-state index is 12.2. The maximum Gasteiger partial charge on any atom is 0.272 e. The lowest BCUT2D eigenvalue weighted by molar-refractivity contribution is 0.0780. The number of rotatable bonds is 3. The van der Waals surface area contributed by atoms with E-state index in [2.05, 4.69) is 18.8 Å². The highest BCUT2D eigenvalue weighted by Crippen LogP contribution is 2.24. The molecule has 0 N–H and O–H groups in total. The van der Waals surface area contributed by atoms with Crippen molar-refractivity contribution in [3.63, 3.8) is 0 Å². The van der Waals surface area contributed by atoms with Crippen LogP contribution in [-0.2, 0) is 0 Å². The first-order valence-electron chi connectivity index (χ1n) is 6.47. The Morgan fingerprint density at radius 3 is 2.94 bits per heavy atom. The summed E-state index contributed by atoms with van der Waals surface area (Å²) in [6.07, 6.45) is 3.83. The number of likely N-dealkylation sites (tertiary alicyclic amines) is 1. The van der Waals surface area contributed by atoms with Gasteiger partial charge in [0.2, 0.25) is 0 Å². The molecule has 1 aliphatic rings. The van der Waals surface area contributed by atoms with Crippen LogP contribution in [0.2, 0.25) is 5.02 Å². The first-order valence-corrected chi connectivity index (χ1v) is 6.85. The molecule has 4 heteroatoms. The summed E-state index contributed by atoms with van der Waals surface area (Å²) < 4.78 is 0. The van der Waals surface area contributed by atoms with Crippen LogP contribution in [0.25, 0.3) is 0 Å². The first kappa shape index (κ1) is 13.3. The fourth-order valence-electron chi connectivity index (χ4n) is 2.54. The molecule has 98 valence electrons. The summed E-state index contributed by atoms with van der Waals surface area (Å²) in [5.41, 5.74) is 0.490. The summed E-state index contributed by atoms with van der Waals surface area (Å²) in [4.78, 5) is 18.2. The van der Waals surface area contributed by atoms with Gasteiger partial charge in [-0.05, 0) is 36.8 Å². The molecule has 0 unspecified atom stereocenters. The zero-order chi connectivity index (χ0) is 13.1. The minimum atomic E-state index is 0.0259. The van der Waals surface area contributed by atoms with E-state index in [1.54, 1.807) is 12.1 Å². The summed E-state index contributed by atoms with van der Waals surface area (Å²) in [7, 11) is 0. The second kappa shape index (κ2) is 5.70. The van der Waals surface area contributed by atoms with Crippen molar-refractivity contribution < 1.29 is 4.79 Å². The number of carbonyl (C=O) groups excluding carboxylic acids is 1. The van der Waals surface area contributed by atoms with Crippen molar-refractivity contribution in [2.45, 2.75) is 26.7 Å². The Kier molecular flexibility index (Phi) is 4.23. The van der Waals surface area contributed by atoms with Gasteiger partial charge in [0, 0.05) is 19.3 Å². The van der Waals surface area contributed by atoms with Gasteiger partial charge >= 0.3 is 0 Å². The number of hydrogen-bond donors (Lipinski definition) is 0. The maximum absolute atomic E-state index is 12.2. The first-order chi connectivity index (χ1) is 8.56. The Bertz CT molecular complexity index is 416. The van der Waals surface area contributed by atoms with Gasteiger partial charge in [0.1, 0.15) is 5.69 Å². The average Bonchev–Trinajstić information content (AvgIpc) is 2.76. The summed E-state index contributed by atoms with van der Waals surface area (Å²) in [6, 6.07) is 3.41. The fourth-order valence-corrected chi connectivity index (χ4v) is 2.65. The van der Waals surface area contributed by atoms with E-state index in [0.29, 0.717) is 22.6 Å². The Hall–Kier alpha value is -1.09. The molecule has 0 radical (unpaired) electrons. The van der Waals surface area contributed by atoms with Gasteiger partial charge in [0.05, 0.1) is 5.02 Å². The van der Waals surface area contributed by atoms with E-state index in [1.807, 2.05) is 4.90 Å². The van der Waals surface area contributed by atoms with E-state index in [-0.39, 0.29) is 5.91 Å². The van der Waals surface area contributed by atoms with Crippen LogP contribution < -0.4 is 0 Å². The minimum absolute atomic E-state index is 0.0259. The third kappa shape index (κ3) is 3.22. The standard InChI is InChI=1S/C14H19ClN2O/c1-10(2)7-11-5-6-17(9-11)14(18)13-4-3-12(15)8-16-13/h3-4,8,10-11H,5-7,9H2,1-2H3/t11-/m0/s1. The van der Waals surface area contributed by atoms with E-state index >= 15 is 0 Å². The molecule has 1 saturated heterocycles. The zero-order valence-electron chi connectivity index (χ0n) is 10.9. The molecular weight excluding hydrogens is 248 g/mol. The SMILES string of the molecule is CC(C)C[C@@H]1CCN(C(=O)c2ccc(Cl)cn2)C1. The highest BCUT2D eigenvalue weighted by Gasteiger charge is 2.27. The van der Waals surface area contributed by atoms with Gasteiger partial charge in [0.15, 0.2) is 0 Å². The van der Waals surface area contributed by atoms with Crippen LogP contribution in [0.4, 0.5) is 0 Å².